The van der Waals surface area contributed by atoms with E-state index in [-0.39, 0.29) is 6.04 Å². The molecule has 90 valence electrons. The number of hydrogen-bond acceptors (Lipinski definition) is 1. The number of nitrogens with two attached hydrogens (primary N) is 1. The number of aryl methyl sites for hydroxylation is 2. The zero-order chi connectivity index (χ0) is 12.0. The Kier molecular flexibility index (Phi) is 2.48. The predicted molar refractivity (Wildman–Crippen MR) is 72.1 cm³/mol. The fourth-order valence-electron chi connectivity index (χ4n) is 2.74. The van der Waals surface area contributed by atoms with Crippen molar-refractivity contribution in [2.24, 2.45) is 11.7 Å². The molecule has 1 atom stereocenters. The Balaban J connectivity index is 2.16. The van der Waals surface area contributed by atoms with Crippen LogP contribution < -0.4 is 5.73 Å². The second-order valence-corrected chi connectivity index (χ2v) is 5.26. The summed E-state index contributed by atoms with van der Waals surface area (Å²) < 4.78 is 0. The van der Waals surface area contributed by atoms with Crippen molar-refractivity contribution in [2.75, 3.05) is 0 Å². The number of fused-ring (bicyclic) bond motifs is 1. The van der Waals surface area contributed by atoms with Gasteiger partial charge in [-0.25, -0.2) is 0 Å². The summed E-state index contributed by atoms with van der Waals surface area (Å²) in [5.74, 6) is 0.706. The van der Waals surface area contributed by atoms with Crippen molar-refractivity contribution >= 4 is 10.9 Å². The van der Waals surface area contributed by atoms with E-state index in [9.17, 15) is 0 Å². The number of hydrogen-bond donors (Lipinski definition) is 2. The van der Waals surface area contributed by atoms with Gasteiger partial charge in [-0.2, -0.15) is 0 Å². The quantitative estimate of drug-likeness (QED) is 0.830. The van der Waals surface area contributed by atoms with Crippen molar-refractivity contribution in [3.05, 3.63) is 35.0 Å². The molecule has 0 amide bonds. The van der Waals surface area contributed by atoms with Crippen molar-refractivity contribution in [1.82, 2.24) is 4.98 Å². The molecule has 0 aliphatic heterocycles. The summed E-state index contributed by atoms with van der Waals surface area (Å²) in [6.45, 7) is 4.34. The van der Waals surface area contributed by atoms with Crippen molar-refractivity contribution in [1.29, 1.82) is 0 Å². The number of aromatic nitrogens is 1. The van der Waals surface area contributed by atoms with E-state index in [0.29, 0.717) is 5.92 Å². The van der Waals surface area contributed by atoms with Crippen molar-refractivity contribution in [2.45, 2.75) is 39.2 Å². The van der Waals surface area contributed by atoms with Gasteiger partial charge in [-0.3, -0.25) is 0 Å². The standard InChI is InChI=1S/C15H20N2/c1-3-10-4-7-13-12(8-10)14(9(2)17-13)15(16)11-5-6-11/h4,7-8,11,15,17H,3,5-6,16H2,1-2H3. The maximum atomic E-state index is 6.38. The molecule has 0 spiro atoms. The Labute approximate surface area is 102 Å². The van der Waals surface area contributed by atoms with E-state index in [0.717, 1.165) is 6.42 Å². The van der Waals surface area contributed by atoms with Crippen LogP contribution in [-0.4, -0.2) is 4.98 Å². The van der Waals surface area contributed by atoms with E-state index in [1.807, 2.05) is 0 Å². The van der Waals surface area contributed by atoms with Gasteiger partial charge in [0.1, 0.15) is 0 Å². The van der Waals surface area contributed by atoms with E-state index in [1.165, 1.54) is 40.6 Å². The van der Waals surface area contributed by atoms with Crippen LogP contribution in [0.15, 0.2) is 18.2 Å². The fourth-order valence-corrected chi connectivity index (χ4v) is 2.74. The molecule has 1 aliphatic rings. The first-order valence-corrected chi connectivity index (χ1v) is 6.57. The highest BCUT2D eigenvalue weighted by molar-refractivity contribution is 5.86. The molecule has 1 saturated carbocycles. The molecule has 17 heavy (non-hydrogen) atoms. The molecule has 1 unspecified atom stereocenters. The summed E-state index contributed by atoms with van der Waals surface area (Å²) in [6.07, 6.45) is 3.67. The molecule has 2 nitrogen and oxygen atoms in total. The molecule has 3 N–H and O–H groups in total. The molecule has 0 saturated heterocycles. The Bertz CT molecular complexity index is 549. The van der Waals surface area contributed by atoms with Crippen LogP contribution in [0.25, 0.3) is 10.9 Å². The van der Waals surface area contributed by atoms with Gasteiger partial charge < -0.3 is 10.7 Å². The van der Waals surface area contributed by atoms with E-state index in [2.05, 4.69) is 37.0 Å². The Hall–Kier alpha value is -1.28. The maximum Gasteiger partial charge on any atom is 0.0459 e. The minimum Gasteiger partial charge on any atom is -0.358 e. The molecular formula is C15H20N2. The van der Waals surface area contributed by atoms with Crippen molar-refractivity contribution in [3.63, 3.8) is 0 Å². The lowest BCUT2D eigenvalue weighted by atomic mass is 9.98. The number of nitrogens with one attached hydrogen (secondary N) is 1. The van der Waals surface area contributed by atoms with Crippen LogP contribution in [0.2, 0.25) is 0 Å². The molecule has 2 heteroatoms. The topological polar surface area (TPSA) is 41.8 Å². The average molecular weight is 228 g/mol. The van der Waals surface area contributed by atoms with E-state index in [1.54, 1.807) is 0 Å². The van der Waals surface area contributed by atoms with Gasteiger partial charge in [-0.1, -0.05) is 13.0 Å². The molecule has 2 aromatic rings. The average Bonchev–Trinajstić information content (AvgIpc) is 3.11. The van der Waals surface area contributed by atoms with Gasteiger partial charge in [0, 0.05) is 22.6 Å². The lowest BCUT2D eigenvalue weighted by molar-refractivity contribution is 0.634. The van der Waals surface area contributed by atoms with E-state index in [4.69, 9.17) is 5.73 Å². The first-order chi connectivity index (χ1) is 8.20. The molecule has 1 fully saturated rings. The third kappa shape index (κ3) is 1.77. The summed E-state index contributed by atoms with van der Waals surface area (Å²) in [7, 11) is 0. The van der Waals surface area contributed by atoms with Crippen molar-refractivity contribution < 1.29 is 0 Å². The highest BCUT2D eigenvalue weighted by Crippen LogP contribution is 2.42. The lowest BCUT2D eigenvalue weighted by Crippen LogP contribution is -2.13. The first-order valence-electron chi connectivity index (χ1n) is 6.57. The molecule has 1 heterocycles. The van der Waals surface area contributed by atoms with Crippen LogP contribution in [0.3, 0.4) is 0 Å². The normalized spacial score (nSPS) is 17.6. The Morgan fingerprint density at radius 1 is 1.41 bits per heavy atom. The molecule has 3 rings (SSSR count). The first kappa shape index (κ1) is 10.8. The van der Waals surface area contributed by atoms with Crippen LogP contribution in [0.4, 0.5) is 0 Å². The van der Waals surface area contributed by atoms with Gasteiger partial charge in [0.15, 0.2) is 0 Å². The molecular weight excluding hydrogens is 208 g/mol. The van der Waals surface area contributed by atoms with Gasteiger partial charge in [0.25, 0.3) is 0 Å². The van der Waals surface area contributed by atoms with E-state index >= 15 is 0 Å². The third-order valence-corrected chi connectivity index (χ3v) is 3.97. The maximum absolute atomic E-state index is 6.38. The zero-order valence-corrected chi connectivity index (χ0v) is 10.6. The van der Waals surface area contributed by atoms with Gasteiger partial charge in [0.05, 0.1) is 0 Å². The highest BCUT2D eigenvalue weighted by Gasteiger charge is 2.32. The predicted octanol–water partition coefficient (Wildman–Crippen LogP) is 3.45. The lowest BCUT2D eigenvalue weighted by Gasteiger charge is -2.11. The number of benzene rings is 1. The molecule has 1 aliphatic carbocycles. The summed E-state index contributed by atoms with van der Waals surface area (Å²) in [5.41, 5.74) is 11.6. The minimum atomic E-state index is 0.218. The number of aromatic amines is 1. The third-order valence-electron chi connectivity index (χ3n) is 3.97. The van der Waals surface area contributed by atoms with Crippen LogP contribution in [0, 0.1) is 12.8 Å². The van der Waals surface area contributed by atoms with Gasteiger partial charge >= 0.3 is 0 Å². The van der Waals surface area contributed by atoms with E-state index < -0.39 is 0 Å². The molecule has 0 bridgehead atoms. The number of rotatable bonds is 3. The fraction of sp³-hybridized carbons (Fsp3) is 0.467. The highest BCUT2D eigenvalue weighted by atomic mass is 14.8. The second kappa shape index (κ2) is 3.88. The van der Waals surface area contributed by atoms with Crippen LogP contribution >= 0.6 is 0 Å². The summed E-state index contributed by atoms with van der Waals surface area (Å²) in [4.78, 5) is 3.46. The summed E-state index contributed by atoms with van der Waals surface area (Å²) in [6, 6.07) is 6.90. The summed E-state index contributed by atoms with van der Waals surface area (Å²) in [5, 5.41) is 1.33. The molecule has 1 aromatic heterocycles. The Morgan fingerprint density at radius 3 is 2.82 bits per heavy atom. The number of H-pyrrole nitrogens is 1. The second-order valence-electron chi connectivity index (χ2n) is 5.26. The Morgan fingerprint density at radius 2 is 2.18 bits per heavy atom. The van der Waals surface area contributed by atoms with Crippen LogP contribution in [0.5, 0.6) is 0 Å². The monoisotopic (exact) mass is 228 g/mol. The molecule has 0 radical (unpaired) electrons. The van der Waals surface area contributed by atoms with Crippen molar-refractivity contribution in [3.8, 4) is 0 Å². The van der Waals surface area contributed by atoms with Gasteiger partial charge in [-0.15, -0.1) is 0 Å². The minimum absolute atomic E-state index is 0.218. The van der Waals surface area contributed by atoms with Crippen LogP contribution in [-0.2, 0) is 6.42 Å². The van der Waals surface area contributed by atoms with Crippen LogP contribution in [0.1, 0.15) is 42.6 Å². The summed E-state index contributed by atoms with van der Waals surface area (Å²) >= 11 is 0. The zero-order valence-electron chi connectivity index (χ0n) is 10.6. The molecule has 1 aromatic carbocycles. The van der Waals surface area contributed by atoms with Gasteiger partial charge in [-0.05, 0) is 55.4 Å². The largest absolute Gasteiger partial charge is 0.358 e. The van der Waals surface area contributed by atoms with Gasteiger partial charge in [0.2, 0.25) is 0 Å². The SMILES string of the molecule is CCc1ccc2[nH]c(C)c(C(N)C3CC3)c2c1. The smallest absolute Gasteiger partial charge is 0.0459 e.